The first kappa shape index (κ1) is 15.2. The number of benzene rings is 2. The van der Waals surface area contributed by atoms with Gasteiger partial charge in [-0.15, -0.1) is 0 Å². The molecular formula is C19H20N2O2. The SMILES string of the molecule is CCc1ccc2[nH]c(=O)c(CNc3cccc(OC)c3)cc2c1. The summed E-state index contributed by atoms with van der Waals surface area (Å²) < 4.78 is 5.21. The Morgan fingerprint density at radius 1 is 1.13 bits per heavy atom. The topological polar surface area (TPSA) is 54.1 Å². The van der Waals surface area contributed by atoms with E-state index in [2.05, 4.69) is 23.3 Å². The fraction of sp³-hybridized carbons (Fsp3) is 0.211. The van der Waals surface area contributed by atoms with Crippen molar-refractivity contribution >= 4 is 16.6 Å². The number of pyridine rings is 1. The smallest absolute Gasteiger partial charge is 0.253 e. The Kier molecular flexibility index (Phi) is 4.33. The van der Waals surface area contributed by atoms with Gasteiger partial charge in [-0.2, -0.15) is 0 Å². The van der Waals surface area contributed by atoms with E-state index in [1.54, 1.807) is 7.11 Å². The summed E-state index contributed by atoms with van der Waals surface area (Å²) in [6.45, 7) is 2.59. The van der Waals surface area contributed by atoms with E-state index in [-0.39, 0.29) is 5.56 Å². The Hall–Kier alpha value is -2.75. The van der Waals surface area contributed by atoms with E-state index >= 15 is 0 Å². The van der Waals surface area contributed by atoms with Gasteiger partial charge in [0.2, 0.25) is 0 Å². The lowest BCUT2D eigenvalue weighted by molar-refractivity contribution is 0.415. The first-order valence-corrected chi connectivity index (χ1v) is 7.72. The molecule has 0 aliphatic rings. The summed E-state index contributed by atoms with van der Waals surface area (Å²) in [6, 6.07) is 15.8. The minimum atomic E-state index is -0.0582. The van der Waals surface area contributed by atoms with Crippen LogP contribution in [0.5, 0.6) is 5.75 Å². The highest BCUT2D eigenvalue weighted by Gasteiger charge is 2.04. The molecule has 0 aliphatic heterocycles. The average molecular weight is 308 g/mol. The summed E-state index contributed by atoms with van der Waals surface area (Å²) in [6.07, 6.45) is 0.979. The van der Waals surface area contributed by atoms with Crippen LogP contribution < -0.4 is 15.6 Å². The van der Waals surface area contributed by atoms with Crippen LogP contribution >= 0.6 is 0 Å². The van der Waals surface area contributed by atoms with Crippen LogP contribution in [0.3, 0.4) is 0 Å². The number of nitrogens with one attached hydrogen (secondary N) is 2. The Morgan fingerprint density at radius 3 is 2.78 bits per heavy atom. The van der Waals surface area contributed by atoms with Crippen molar-refractivity contribution in [2.45, 2.75) is 19.9 Å². The van der Waals surface area contributed by atoms with Crippen LogP contribution in [-0.2, 0) is 13.0 Å². The van der Waals surface area contributed by atoms with Gasteiger partial charge >= 0.3 is 0 Å². The van der Waals surface area contributed by atoms with Gasteiger partial charge in [0.15, 0.2) is 0 Å². The maximum absolute atomic E-state index is 12.2. The van der Waals surface area contributed by atoms with Gasteiger partial charge in [-0.25, -0.2) is 0 Å². The zero-order valence-corrected chi connectivity index (χ0v) is 13.3. The van der Waals surface area contributed by atoms with E-state index in [9.17, 15) is 4.79 Å². The number of aryl methyl sites for hydroxylation is 1. The molecule has 2 N–H and O–H groups in total. The van der Waals surface area contributed by atoms with E-state index in [1.165, 1.54) is 5.56 Å². The standard InChI is InChI=1S/C19H20N2O2/c1-3-13-7-8-18-14(9-13)10-15(19(22)21-18)12-20-16-5-4-6-17(11-16)23-2/h4-11,20H,3,12H2,1-2H3,(H,21,22). The van der Waals surface area contributed by atoms with Crippen molar-refractivity contribution in [2.75, 3.05) is 12.4 Å². The molecule has 0 aliphatic carbocycles. The van der Waals surface area contributed by atoms with Crippen LogP contribution in [0.4, 0.5) is 5.69 Å². The lowest BCUT2D eigenvalue weighted by Crippen LogP contribution is -2.15. The van der Waals surface area contributed by atoms with Gasteiger partial charge in [0.05, 0.1) is 7.11 Å². The number of aromatic nitrogens is 1. The molecule has 4 nitrogen and oxygen atoms in total. The number of fused-ring (bicyclic) bond motifs is 1. The van der Waals surface area contributed by atoms with Crippen LogP contribution in [0, 0.1) is 0 Å². The minimum Gasteiger partial charge on any atom is -0.497 e. The van der Waals surface area contributed by atoms with E-state index < -0.39 is 0 Å². The average Bonchev–Trinajstić information content (AvgIpc) is 2.59. The van der Waals surface area contributed by atoms with Gasteiger partial charge in [-0.3, -0.25) is 4.79 Å². The third-order valence-corrected chi connectivity index (χ3v) is 3.95. The molecule has 0 atom stereocenters. The summed E-state index contributed by atoms with van der Waals surface area (Å²) in [5.74, 6) is 0.787. The molecule has 2 aromatic carbocycles. The van der Waals surface area contributed by atoms with Gasteiger partial charge in [0.1, 0.15) is 5.75 Å². The Morgan fingerprint density at radius 2 is 2.00 bits per heavy atom. The monoisotopic (exact) mass is 308 g/mol. The maximum atomic E-state index is 12.2. The fourth-order valence-electron chi connectivity index (χ4n) is 2.58. The summed E-state index contributed by atoms with van der Waals surface area (Å²) in [5, 5.41) is 4.33. The van der Waals surface area contributed by atoms with Crippen LogP contribution in [0.25, 0.3) is 10.9 Å². The molecule has 0 saturated carbocycles. The summed E-state index contributed by atoms with van der Waals surface area (Å²) in [7, 11) is 1.64. The van der Waals surface area contributed by atoms with Crippen molar-refractivity contribution in [1.82, 2.24) is 4.98 Å². The second kappa shape index (κ2) is 6.57. The van der Waals surface area contributed by atoms with Crippen molar-refractivity contribution in [3.63, 3.8) is 0 Å². The molecule has 0 spiro atoms. The second-order valence-corrected chi connectivity index (χ2v) is 5.48. The molecule has 3 rings (SSSR count). The van der Waals surface area contributed by atoms with E-state index in [0.29, 0.717) is 12.1 Å². The van der Waals surface area contributed by atoms with Crippen molar-refractivity contribution in [3.05, 3.63) is 70.0 Å². The predicted molar refractivity (Wildman–Crippen MR) is 94.3 cm³/mol. The molecule has 0 saturated heterocycles. The summed E-state index contributed by atoms with van der Waals surface area (Å²) in [5.41, 5.74) is 3.71. The van der Waals surface area contributed by atoms with Crippen molar-refractivity contribution in [1.29, 1.82) is 0 Å². The minimum absolute atomic E-state index is 0.0582. The molecule has 4 heteroatoms. The molecule has 3 aromatic rings. The predicted octanol–water partition coefficient (Wildman–Crippen LogP) is 3.71. The normalized spacial score (nSPS) is 10.7. The molecule has 0 radical (unpaired) electrons. The van der Waals surface area contributed by atoms with Crippen LogP contribution in [0.1, 0.15) is 18.1 Å². The molecule has 0 bridgehead atoms. The van der Waals surface area contributed by atoms with Gasteiger partial charge in [-0.1, -0.05) is 19.1 Å². The number of hydrogen-bond acceptors (Lipinski definition) is 3. The van der Waals surface area contributed by atoms with Crippen molar-refractivity contribution in [2.24, 2.45) is 0 Å². The van der Waals surface area contributed by atoms with Gasteiger partial charge in [-0.05, 0) is 47.7 Å². The highest BCUT2D eigenvalue weighted by Crippen LogP contribution is 2.18. The second-order valence-electron chi connectivity index (χ2n) is 5.48. The van der Waals surface area contributed by atoms with Crippen molar-refractivity contribution < 1.29 is 4.74 Å². The summed E-state index contributed by atoms with van der Waals surface area (Å²) >= 11 is 0. The van der Waals surface area contributed by atoms with Gasteiger partial charge in [0, 0.05) is 29.4 Å². The highest BCUT2D eigenvalue weighted by atomic mass is 16.5. The lowest BCUT2D eigenvalue weighted by Gasteiger charge is -2.09. The molecule has 0 fully saturated rings. The molecule has 118 valence electrons. The van der Waals surface area contributed by atoms with Crippen LogP contribution in [-0.4, -0.2) is 12.1 Å². The molecule has 23 heavy (non-hydrogen) atoms. The Labute approximate surface area is 135 Å². The third-order valence-electron chi connectivity index (χ3n) is 3.95. The van der Waals surface area contributed by atoms with E-state index in [1.807, 2.05) is 42.5 Å². The number of rotatable bonds is 5. The number of hydrogen-bond donors (Lipinski definition) is 2. The zero-order chi connectivity index (χ0) is 16.2. The van der Waals surface area contributed by atoms with Crippen LogP contribution in [0.2, 0.25) is 0 Å². The first-order valence-electron chi connectivity index (χ1n) is 7.72. The first-order chi connectivity index (χ1) is 11.2. The van der Waals surface area contributed by atoms with Gasteiger partial charge in [0.25, 0.3) is 5.56 Å². The molecular weight excluding hydrogens is 288 g/mol. The van der Waals surface area contributed by atoms with Crippen LogP contribution in [0.15, 0.2) is 53.3 Å². The summed E-state index contributed by atoms with van der Waals surface area (Å²) in [4.78, 5) is 15.2. The zero-order valence-electron chi connectivity index (χ0n) is 13.3. The molecule has 0 unspecified atom stereocenters. The van der Waals surface area contributed by atoms with E-state index in [4.69, 9.17) is 4.74 Å². The number of H-pyrrole nitrogens is 1. The number of anilines is 1. The van der Waals surface area contributed by atoms with E-state index in [0.717, 1.165) is 28.8 Å². The highest BCUT2D eigenvalue weighted by molar-refractivity contribution is 5.79. The Balaban J connectivity index is 1.86. The molecule has 0 amide bonds. The maximum Gasteiger partial charge on any atom is 0.253 e. The molecule has 1 aromatic heterocycles. The third kappa shape index (κ3) is 3.37. The number of aromatic amines is 1. The fourth-order valence-corrected chi connectivity index (χ4v) is 2.58. The Bertz CT molecular complexity index is 884. The quantitative estimate of drug-likeness (QED) is 0.755. The van der Waals surface area contributed by atoms with Gasteiger partial charge < -0.3 is 15.0 Å². The largest absolute Gasteiger partial charge is 0.497 e. The van der Waals surface area contributed by atoms with Crippen molar-refractivity contribution in [3.8, 4) is 5.75 Å². The lowest BCUT2D eigenvalue weighted by atomic mass is 10.1. The number of methoxy groups -OCH3 is 1. The molecule has 1 heterocycles. The number of ether oxygens (including phenoxy) is 1.